The Morgan fingerprint density at radius 2 is 1.54 bits per heavy atom. The Labute approximate surface area is 273 Å². The number of amides is 1. The molecule has 1 unspecified atom stereocenters. The molecule has 2 aromatic carbocycles. The highest BCUT2D eigenvalue weighted by Crippen LogP contribution is 2.40. The van der Waals surface area contributed by atoms with Crippen molar-refractivity contribution >= 4 is 11.9 Å². The molecule has 262 valence electrons. The second-order valence-corrected chi connectivity index (χ2v) is 12.5. The van der Waals surface area contributed by atoms with Crippen LogP contribution in [0.15, 0.2) is 47.4 Å². The molecule has 0 bridgehead atoms. The van der Waals surface area contributed by atoms with Gasteiger partial charge in [0.05, 0.1) is 23.6 Å². The van der Waals surface area contributed by atoms with E-state index in [9.17, 15) is 45.8 Å². The zero-order chi connectivity index (χ0) is 36.3. The topological polar surface area (TPSA) is 91.6 Å². The number of halogens is 7. The highest BCUT2D eigenvalue weighted by molar-refractivity contribution is 5.82. The van der Waals surface area contributed by atoms with E-state index >= 15 is 4.39 Å². The molecule has 0 aliphatic heterocycles. The molecule has 7 nitrogen and oxygen atoms in total. The van der Waals surface area contributed by atoms with Crippen LogP contribution in [-0.2, 0) is 28.4 Å². The standard InChI is InChI=1S/C34H38F7N3O4/c1-18(2)12-27(44-17-21(10-11-43(5)6)24(15-28(44)45)33(36,37)38)32(48)42-26(16-29(46)47)23-13-22(14-25(31(23)35)34(39,40)41)30-19(3)8-7-9-20(30)4/h7-9,13-15,17-18,26-27H,10-12,16H2,1-6H3,(H,42,48)(H,46,47)/t26-,27?/m0/s1. The van der Waals surface area contributed by atoms with Crippen molar-refractivity contribution < 1.29 is 45.4 Å². The van der Waals surface area contributed by atoms with E-state index < -0.39 is 70.8 Å². The molecule has 0 saturated heterocycles. The van der Waals surface area contributed by atoms with Crippen molar-refractivity contribution in [3.05, 3.63) is 92.1 Å². The summed E-state index contributed by atoms with van der Waals surface area (Å²) in [6.07, 6.45) is -10.5. The van der Waals surface area contributed by atoms with Gasteiger partial charge in [0.2, 0.25) is 5.91 Å². The van der Waals surface area contributed by atoms with Crippen molar-refractivity contribution in [2.24, 2.45) is 5.92 Å². The van der Waals surface area contributed by atoms with Crippen LogP contribution in [0.4, 0.5) is 30.7 Å². The van der Waals surface area contributed by atoms with E-state index in [1.807, 2.05) is 0 Å². The van der Waals surface area contributed by atoms with Crippen LogP contribution in [0.2, 0.25) is 0 Å². The van der Waals surface area contributed by atoms with E-state index in [2.05, 4.69) is 5.32 Å². The maximum Gasteiger partial charge on any atom is 0.419 e. The molecule has 2 N–H and O–H groups in total. The third kappa shape index (κ3) is 9.24. The zero-order valence-electron chi connectivity index (χ0n) is 27.3. The molecule has 0 aliphatic rings. The van der Waals surface area contributed by atoms with Crippen LogP contribution < -0.4 is 10.9 Å². The Morgan fingerprint density at radius 1 is 0.958 bits per heavy atom. The van der Waals surface area contributed by atoms with Gasteiger partial charge in [-0.05, 0) is 86.7 Å². The van der Waals surface area contributed by atoms with Crippen LogP contribution >= 0.6 is 0 Å². The normalized spacial score (nSPS) is 13.6. The predicted molar refractivity (Wildman–Crippen MR) is 166 cm³/mol. The first-order valence-corrected chi connectivity index (χ1v) is 15.1. The molecule has 2 atom stereocenters. The summed E-state index contributed by atoms with van der Waals surface area (Å²) in [5, 5.41) is 12.0. The summed E-state index contributed by atoms with van der Waals surface area (Å²) < 4.78 is 101. The fourth-order valence-electron chi connectivity index (χ4n) is 5.64. The quantitative estimate of drug-likeness (QED) is 0.195. The molecule has 0 aliphatic carbocycles. The number of nitrogens with one attached hydrogen (secondary N) is 1. The van der Waals surface area contributed by atoms with Gasteiger partial charge in [0.15, 0.2) is 0 Å². The molecule has 0 saturated carbocycles. The van der Waals surface area contributed by atoms with Gasteiger partial charge in [-0.15, -0.1) is 0 Å². The van der Waals surface area contributed by atoms with Gasteiger partial charge in [0, 0.05) is 24.4 Å². The molecule has 0 spiro atoms. The summed E-state index contributed by atoms with van der Waals surface area (Å²) in [6.45, 7) is 6.78. The number of carbonyl (C=O) groups is 2. The lowest BCUT2D eigenvalue weighted by Crippen LogP contribution is -2.41. The fourth-order valence-corrected chi connectivity index (χ4v) is 5.64. The van der Waals surface area contributed by atoms with Crippen molar-refractivity contribution in [1.82, 2.24) is 14.8 Å². The van der Waals surface area contributed by atoms with E-state index in [4.69, 9.17) is 0 Å². The number of carboxylic acid groups (broad SMARTS) is 1. The lowest BCUT2D eigenvalue weighted by Gasteiger charge is -2.27. The van der Waals surface area contributed by atoms with Crippen LogP contribution in [0, 0.1) is 25.6 Å². The van der Waals surface area contributed by atoms with Crippen molar-refractivity contribution in [1.29, 1.82) is 0 Å². The van der Waals surface area contributed by atoms with Crippen molar-refractivity contribution in [3.63, 3.8) is 0 Å². The molecule has 1 amide bonds. The number of hydrogen-bond acceptors (Lipinski definition) is 4. The van der Waals surface area contributed by atoms with E-state index in [1.54, 1.807) is 64.9 Å². The summed E-state index contributed by atoms with van der Waals surface area (Å²) in [6, 6.07) is 3.64. The summed E-state index contributed by atoms with van der Waals surface area (Å²) in [4.78, 5) is 40.5. The van der Waals surface area contributed by atoms with E-state index in [0.717, 1.165) is 16.8 Å². The molecule has 1 heterocycles. The third-order valence-corrected chi connectivity index (χ3v) is 7.88. The molecule has 14 heteroatoms. The average Bonchev–Trinajstić information content (AvgIpc) is 2.93. The summed E-state index contributed by atoms with van der Waals surface area (Å²) >= 11 is 0. The summed E-state index contributed by atoms with van der Waals surface area (Å²) in [7, 11) is 3.28. The van der Waals surface area contributed by atoms with Crippen molar-refractivity contribution in [2.75, 3.05) is 20.6 Å². The Balaban J connectivity index is 2.23. The number of nitrogens with zero attached hydrogens (tertiary/aromatic N) is 2. The number of benzene rings is 2. The monoisotopic (exact) mass is 685 g/mol. The van der Waals surface area contributed by atoms with Crippen LogP contribution in [-0.4, -0.2) is 47.1 Å². The van der Waals surface area contributed by atoms with Crippen LogP contribution in [0.1, 0.15) is 72.2 Å². The van der Waals surface area contributed by atoms with Gasteiger partial charge in [0.25, 0.3) is 5.56 Å². The Hall–Kier alpha value is -4.20. The largest absolute Gasteiger partial charge is 0.481 e. The Kier molecular flexibility index (Phi) is 11.9. The Bertz CT molecular complexity index is 1690. The molecular formula is C34H38F7N3O4. The minimum atomic E-state index is -5.19. The third-order valence-electron chi connectivity index (χ3n) is 7.88. The number of hydrogen-bond donors (Lipinski definition) is 2. The first kappa shape index (κ1) is 38.2. The molecule has 0 fully saturated rings. The van der Waals surface area contributed by atoms with Crippen molar-refractivity contribution in [2.45, 2.75) is 71.4 Å². The minimum Gasteiger partial charge on any atom is -0.481 e. The molecule has 3 rings (SSSR count). The average molecular weight is 686 g/mol. The van der Waals surface area contributed by atoms with Gasteiger partial charge in [0.1, 0.15) is 11.9 Å². The fraction of sp³-hybridized carbons (Fsp3) is 0.441. The van der Waals surface area contributed by atoms with Gasteiger partial charge in [-0.3, -0.25) is 14.4 Å². The second-order valence-electron chi connectivity index (χ2n) is 12.5. The number of carbonyl (C=O) groups excluding carboxylic acids is 1. The van der Waals surface area contributed by atoms with Gasteiger partial charge in [-0.1, -0.05) is 32.0 Å². The number of aromatic nitrogens is 1. The number of alkyl halides is 6. The van der Waals surface area contributed by atoms with Crippen LogP contribution in [0.5, 0.6) is 0 Å². The number of likely N-dealkylation sites (N-methyl/N-ethyl adjacent to an activating group) is 1. The van der Waals surface area contributed by atoms with E-state index in [-0.39, 0.29) is 36.4 Å². The minimum absolute atomic E-state index is 0.0674. The van der Waals surface area contributed by atoms with Crippen LogP contribution in [0.3, 0.4) is 0 Å². The molecular weight excluding hydrogens is 647 g/mol. The first-order chi connectivity index (χ1) is 22.1. The lowest BCUT2D eigenvalue weighted by atomic mass is 9.90. The highest BCUT2D eigenvalue weighted by Gasteiger charge is 2.39. The van der Waals surface area contributed by atoms with E-state index in [0.29, 0.717) is 28.8 Å². The van der Waals surface area contributed by atoms with Gasteiger partial charge in [-0.2, -0.15) is 26.3 Å². The van der Waals surface area contributed by atoms with Gasteiger partial charge in [-0.25, -0.2) is 4.39 Å². The first-order valence-electron chi connectivity index (χ1n) is 15.1. The summed E-state index contributed by atoms with van der Waals surface area (Å²) in [5.74, 6) is -4.79. The van der Waals surface area contributed by atoms with Crippen LogP contribution in [0.25, 0.3) is 11.1 Å². The zero-order valence-corrected chi connectivity index (χ0v) is 27.3. The maximum atomic E-state index is 15.7. The SMILES string of the molecule is Cc1cccc(C)c1-c1cc([C@H](CC(=O)O)NC(=O)C(CC(C)C)n2cc(CCN(C)C)c(C(F)(F)F)cc2=O)c(F)c(C(F)(F)F)c1. The predicted octanol–water partition coefficient (Wildman–Crippen LogP) is 7.33. The second kappa shape index (κ2) is 14.9. The maximum absolute atomic E-state index is 15.7. The smallest absolute Gasteiger partial charge is 0.419 e. The number of aryl methyl sites for hydroxylation is 2. The number of carboxylic acids is 1. The molecule has 0 radical (unpaired) electrons. The molecule has 1 aromatic heterocycles. The number of aliphatic carboxylic acids is 1. The lowest BCUT2D eigenvalue weighted by molar-refractivity contribution is -0.140. The van der Waals surface area contributed by atoms with E-state index in [1.165, 1.54) is 0 Å². The Morgan fingerprint density at radius 3 is 2.04 bits per heavy atom. The summed E-state index contributed by atoms with van der Waals surface area (Å²) in [5.41, 5.74) is -3.66. The molecule has 3 aromatic rings. The van der Waals surface area contributed by atoms with Gasteiger partial charge < -0.3 is 19.9 Å². The number of rotatable bonds is 12. The van der Waals surface area contributed by atoms with Crippen molar-refractivity contribution in [3.8, 4) is 11.1 Å². The highest BCUT2D eigenvalue weighted by atomic mass is 19.4. The number of pyridine rings is 1. The van der Waals surface area contributed by atoms with Gasteiger partial charge >= 0.3 is 18.3 Å². The molecule has 48 heavy (non-hydrogen) atoms.